The summed E-state index contributed by atoms with van der Waals surface area (Å²) >= 11 is 0. The summed E-state index contributed by atoms with van der Waals surface area (Å²) in [5, 5.41) is 5.40. The molecule has 2 unspecified atom stereocenters. The molecule has 1 amide bonds. The monoisotopic (exact) mass is 355 g/mol. The summed E-state index contributed by atoms with van der Waals surface area (Å²) in [5.41, 5.74) is 1.30. The number of para-hydroxylation sites is 1. The molecule has 1 aliphatic carbocycles. The van der Waals surface area contributed by atoms with Crippen LogP contribution in [0.5, 0.6) is 0 Å². The zero-order valence-corrected chi connectivity index (χ0v) is 15.2. The number of rotatable bonds is 4. The van der Waals surface area contributed by atoms with Gasteiger partial charge in [-0.3, -0.25) is 9.48 Å². The molecule has 6 nitrogen and oxygen atoms in total. The first-order valence-electron chi connectivity index (χ1n) is 9.60. The van der Waals surface area contributed by atoms with Gasteiger partial charge in [-0.05, 0) is 31.2 Å². The van der Waals surface area contributed by atoms with Crippen LogP contribution in [0.15, 0.2) is 24.3 Å². The number of nitrogens with zero attached hydrogens (tertiary/aromatic N) is 3. The van der Waals surface area contributed by atoms with Crippen LogP contribution in [-0.2, 0) is 16.5 Å². The topological polar surface area (TPSA) is 56.6 Å². The van der Waals surface area contributed by atoms with E-state index in [0.717, 1.165) is 42.8 Å². The number of aryl methyl sites for hydroxylation is 1. The number of benzene rings is 1. The highest BCUT2D eigenvalue weighted by atomic mass is 16.6. The fraction of sp³-hybridized carbons (Fsp3) is 0.600. The number of carbonyl (C=O) groups is 1. The molecule has 138 valence electrons. The fourth-order valence-electron chi connectivity index (χ4n) is 4.29. The molecule has 6 heteroatoms. The first-order chi connectivity index (χ1) is 12.6. The molecule has 1 aromatic carbocycles. The molecule has 3 heterocycles. The Kier molecular flexibility index (Phi) is 3.79. The van der Waals surface area contributed by atoms with E-state index in [2.05, 4.69) is 5.10 Å². The molecule has 3 fully saturated rings. The number of aromatic nitrogens is 2. The van der Waals surface area contributed by atoms with Crippen molar-refractivity contribution in [3.05, 3.63) is 30.0 Å². The van der Waals surface area contributed by atoms with Gasteiger partial charge in [-0.15, -0.1) is 0 Å². The number of fused-ring (bicyclic) bond motifs is 1. The molecule has 2 atom stereocenters. The van der Waals surface area contributed by atoms with E-state index in [4.69, 9.17) is 9.47 Å². The summed E-state index contributed by atoms with van der Waals surface area (Å²) < 4.78 is 13.9. The Balaban J connectivity index is 1.29. The minimum atomic E-state index is -0.228. The minimum Gasteiger partial charge on any atom is -0.375 e. The maximum atomic E-state index is 13.1. The highest BCUT2D eigenvalue weighted by Gasteiger charge is 2.47. The molecule has 0 N–H and O–H groups in total. The van der Waals surface area contributed by atoms with Crippen molar-refractivity contribution < 1.29 is 14.3 Å². The van der Waals surface area contributed by atoms with E-state index in [0.29, 0.717) is 18.8 Å². The highest BCUT2D eigenvalue weighted by Crippen LogP contribution is 2.38. The van der Waals surface area contributed by atoms with Crippen molar-refractivity contribution in [3.63, 3.8) is 0 Å². The Morgan fingerprint density at radius 3 is 3.08 bits per heavy atom. The average molecular weight is 355 g/mol. The van der Waals surface area contributed by atoms with Crippen molar-refractivity contribution in [3.8, 4) is 0 Å². The second-order valence-electron chi connectivity index (χ2n) is 8.06. The third-order valence-corrected chi connectivity index (χ3v) is 6.00. The second kappa shape index (κ2) is 6.06. The Morgan fingerprint density at radius 2 is 2.23 bits per heavy atom. The Labute approximate surface area is 153 Å². The first kappa shape index (κ1) is 16.3. The second-order valence-corrected chi connectivity index (χ2v) is 8.06. The lowest BCUT2D eigenvalue weighted by molar-refractivity contribution is 0.00154. The van der Waals surface area contributed by atoms with Gasteiger partial charge < -0.3 is 14.4 Å². The number of likely N-dealkylation sites (tertiary alicyclic amines) is 1. The lowest BCUT2D eigenvalue weighted by Crippen LogP contribution is -2.36. The standard InChI is InChI=1S/C20H25N3O3/c1-22-17-5-3-2-4-16(17)18(21-22)19(24)23-9-8-20(13-23)10-15(12-26-20)25-11-14-6-7-14/h2-5,14-15H,6-13H2,1H3. The van der Waals surface area contributed by atoms with Crippen LogP contribution < -0.4 is 0 Å². The van der Waals surface area contributed by atoms with Crippen LogP contribution in [0.1, 0.15) is 36.2 Å². The Bertz CT molecular complexity index is 844. The van der Waals surface area contributed by atoms with Gasteiger partial charge >= 0.3 is 0 Å². The summed E-state index contributed by atoms with van der Waals surface area (Å²) in [6, 6.07) is 7.88. The molecule has 2 saturated heterocycles. The van der Waals surface area contributed by atoms with Crippen molar-refractivity contribution >= 4 is 16.8 Å². The van der Waals surface area contributed by atoms with Gasteiger partial charge in [0.25, 0.3) is 5.91 Å². The fourth-order valence-corrected chi connectivity index (χ4v) is 4.29. The van der Waals surface area contributed by atoms with Gasteiger partial charge in [-0.1, -0.05) is 18.2 Å². The largest absolute Gasteiger partial charge is 0.375 e. The van der Waals surface area contributed by atoms with Crippen molar-refractivity contribution in [2.75, 3.05) is 26.3 Å². The van der Waals surface area contributed by atoms with Gasteiger partial charge in [0.05, 0.1) is 30.4 Å². The van der Waals surface area contributed by atoms with E-state index < -0.39 is 0 Å². The summed E-state index contributed by atoms with van der Waals surface area (Å²) in [7, 11) is 1.88. The smallest absolute Gasteiger partial charge is 0.275 e. The van der Waals surface area contributed by atoms with Crippen LogP contribution >= 0.6 is 0 Å². The number of ether oxygens (including phenoxy) is 2. The van der Waals surface area contributed by atoms with Gasteiger partial charge in [0.2, 0.25) is 0 Å². The molecular formula is C20H25N3O3. The summed E-state index contributed by atoms with van der Waals surface area (Å²) in [5.74, 6) is 0.773. The molecule has 3 aliphatic rings. The molecule has 2 aromatic rings. The van der Waals surface area contributed by atoms with Crippen molar-refractivity contribution in [2.24, 2.45) is 13.0 Å². The predicted molar refractivity (Wildman–Crippen MR) is 97.0 cm³/mol. The quantitative estimate of drug-likeness (QED) is 0.845. The van der Waals surface area contributed by atoms with Gasteiger partial charge in [-0.25, -0.2) is 0 Å². The van der Waals surface area contributed by atoms with Gasteiger partial charge in [0, 0.05) is 32.0 Å². The summed E-state index contributed by atoms with van der Waals surface area (Å²) in [4.78, 5) is 15.0. The lowest BCUT2D eigenvalue weighted by atomic mass is 9.98. The van der Waals surface area contributed by atoms with Gasteiger partial charge in [0.1, 0.15) is 0 Å². The van der Waals surface area contributed by atoms with E-state index >= 15 is 0 Å². The average Bonchev–Trinajstić information content (AvgIpc) is 3.12. The molecule has 2 aliphatic heterocycles. The van der Waals surface area contributed by atoms with E-state index in [-0.39, 0.29) is 17.6 Å². The van der Waals surface area contributed by atoms with E-state index in [1.165, 1.54) is 12.8 Å². The van der Waals surface area contributed by atoms with Crippen LogP contribution in [0, 0.1) is 5.92 Å². The van der Waals surface area contributed by atoms with Crippen molar-refractivity contribution in [2.45, 2.75) is 37.4 Å². The molecule has 0 bridgehead atoms. The SMILES string of the molecule is Cn1nc(C(=O)N2CCC3(CC(OCC4CC4)CO3)C2)c2ccccc21. The Morgan fingerprint density at radius 1 is 1.38 bits per heavy atom. The Hall–Kier alpha value is -1.92. The molecular weight excluding hydrogens is 330 g/mol. The third-order valence-electron chi connectivity index (χ3n) is 6.00. The molecule has 0 radical (unpaired) electrons. The zero-order valence-electron chi connectivity index (χ0n) is 15.2. The summed E-state index contributed by atoms with van der Waals surface area (Å²) in [6.45, 7) is 2.88. The van der Waals surface area contributed by atoms with Crippen LogP contribution in [-0.4, -0.2) is 58.6 Å². The van der Waals surface area contributed by atoms with E-state index in [1.54, 1.807) is 4.68 Å². The highest BCUT2D eigenvalue weighted by molar-refractivity contribution is 6.05. The molecule has 5 rings (SSSR count). The van der Waals surface area contributed by atoms with E-state index in [9.17, 15) is 4.79 Å². The van der Waals surface area contributed by atoms with Crippen LogP contribution in [0.3, 0.4) is 0 Å². The molecule has 1 saturated carbocycles. The minimum absolute atomic E-state index is 0.00428. The van der Waals surface area contributed by atoms with Crippen molar-refractivity contribution in [1.82, 2.24) is 14.7 Å². The van der Waals surface area contributed by atoms with Gasteiger partial charge in [-0.2, -0.15) is 5.10 Å². The molecule has 26 heavy (non-hydrogen) atoms. The van der Waals surface area contributed by atoms with Crippen molar-refractivity contribution in [1.29, 1.82) is 0 Å². The van der Waals surface area contributed by atoms with Crippen LogP contribution in [0.25, 0.3) is 10.9 Å². The maximum absolute atomic E-state index is 13.1. The number of amides is 1. The first-order valence-corrected chi connectivity index (χ1v) is 9.60. The van der Waals surface area contributed by atoms with Crippen LogP contribution in [0.4, 0.5) is 0 Å². The summed E-state index contributed by atoms with van der Waals surface area (Å²) in [6.07, 6.45) is 4.57. The lowest BCUT2D eigenvalue weighted by Gasteiger charge is -2.23. The normalized spacial score (nSPS) is 28.5. The molecule has 1 spiro atoms. The maximum Gasteiger partial charge on any atom is 0.275 e. The molecule has 1 aromatic heterocycles. The van der Waals surface area contributed by atoms with Crippen LogP contribution in [0.2, 0.25) is 0 Å². The van der Waals surface area contributed by atoms with Gasteiger partial charge in [0.15, 0.2) is 5.69 Å². The number of hydrogen-bond donors (Lipinski definition) is 0. The third kappa shape index (κ3) is 2.81. The number of carbonyl (C=O) groups excluding carboxylic acids is 1. The van der Waals surface area contributed by atoms with E-state index in [1.807, 2.05) is 36.2 Å². The number of hydrogen-bond acceptors (Lipinski definition) is 4. The zero-order chi connectivity index (χ0) is 17.7. The predicted octanol–water partition coefficient (Wildman–Crippen LogP) is 2.37.